The van der Waals surface area contributed by atoms with Crippen LogP contribution in [0.5, 0.6) is 0 Å². The molecule has 13 heavy (non-hydrogen) atoms. The lowest BCUT2D eigenvalue weighted by Crippen LogP contribution is -2.28. The Bertz CT molecular complexity index is 333. The second kappa shape index (κ2) is 3.11. The number of nitrogens with two attached hydrogens (primary N) is 1. The number of aryl methyl sites for hydroxylation is 1. The van der Waals surface area contributed by atoms with Crippen LogP contribution in [0.4, 0.5) is 4.39 Å². The number of hydrogen-bond donors (Lipinski definition) is 1. The molecule has 2 rings (SSSR count). The fourth-order valence-electron chi connectivity index (χ4n) is 1.95. The average Bonchev–Trinajstić information content (AvgIpc) is 2.12. The molecule has 0 fully saturated rings. The van der Waals surface area contributed by atoms with Crippen molar-refractivity contribution in [1.29, 1.82) is 0 Å². The zero-order valence-electron chi connectivity index (χ0n) is 7.81. The van der Waals surface area contributed by atoms with E-state index in [0.717, 1.165) is 36.0 Å². The summed E-state index contributed by atoms with van der Waals surface area (Å²) in [6, 6.07) is 4.06. The Labute approximate surface area is 77.8 Å². The van der Waals surface area contributed by atoms with Crippen molar-refractivity contribution in [1.82, 2.24) is 0 Å². The molecule has 70 valence electrons. The van der Waals surface area contributed by atoms with Gasteiger partial charge in [-0.25, -0.2) is 4.39 Å². The molecule has 2 N–H and O–H groups in total. The molecule has 0 heterocycles. The van der Waals surface area contributed by atoms with E-state index in [2.05, 4.69) is 0 Å². The maximum atomic E-state index is 13.6. The molecule has 1 aromatic carbocycles. The summed E-state index contributed by atoms with van der Waals surface area (Å²) in [6.45, 7) is 1.81. The van der Waals surface area contributed by atoms with Gasteiger partial charge in [-0.1, -0.05) is 12.1 Å². The Morgan fingerprint density at radius 1 is 1.46 bits per heavy atom. The van der Waals surface area contributed by atoms with E-state index >= 15 is 0 Å². The molecule has 2 heteroatoms. The molecule has 0 spiro atoms. The first-order valence-corrected chi connectivity index (χ1v) is 4.71. The minimum Gasteiger partial charge on any atom is -0.327 e. The maximum absolute atomic E-state index is 13.6. The Morgan fingerprint density at radius 3 is 3.00 bits per heavy atom. The van der Waals surface area contributed by atoms with E-state index in [-0.39, 0.29) is 11.9 Å². The van der Waals surface area contributed by atoms with E-state index in [1.807, 2.05) is 19.1 Å². The molecule has 1 aromatic rings. The van der Waals surface area contributed by atoms with Gasteiger partial charge in [-0.3, -0.25) is 0 Å². The lowest BCUT2D eigenvalue weighted by atomic mass is 9.87. The van der Waals surface area contributed by atoms with Crippen molar-refractivity contribution in [2.45, 2.75) is 32.2 Å². The van der Waals surface area contributed by atoms with Gasteiger partial charge in [-0.15, -0.1) is 0 Å². The molecule has 1 aliphatic carbocycles. The van der Waals surface area contributed by atoms with Crippen LogP contribution < -0.4 is 5.73 Å². The highest BCUT2D eigenvalue weighted by atomic mass is 19.1. The lowest BCUT2D eigenvalue weighted by Gasteiger charge is -2.22. The Balaban J connectivity index is 2.47. The molecule has 1 nitrogen and oxygen atoms in total. The molecule has 0 saturated carbocycles. The number of fused-ring (bicyclic) bond motifs is 1. The highest BCUT2D eigenvalue weighted by molar-refractivity contribution is 5.35. The minimum absolute atomic E-state index is 0.0237. The summed E-state index contributed by atoms with van der Waals surface area (Å²) in [5.74, 6) is -0.0237. The highest BCUT2D eigenvalue weighted by Gasteiger charge is 2.18. The van der Waals surface area contributed by atoms with Gasteiger partial charge in [-0.05, 0) is 42.9 Å². The molecular formula is C11H14FN. The second-order valence-electron chi connectivity index (χ2n) is 3.84. The Morgan fingerprint density at radius 2 is 2.23 bits per heavy atom. The SMILES string of the molecule is Cc1ccc2c(c1F)CCC(N)C2. The number of halogens is 1. The number of benzene rings is 1. The minimum atomic E-state index is -0.0237. The van der Waals surface area contributed by atoms with Crippen LogP contribution in [-0.2, 0) is 12.8 Å². The molecule has 1 aliphatic rings. The van der Waals surface area contributed by atoms with Crippen LogP contribution in [0.15, 0.2) is 12.1 Å². The quantitative estimate of drug-likeness (QED) is 0.647. The molecule has 0 aliphatic heterocycles. The van der Waals surface area contributed by atoms with Crippen LogP contribution in [0.3, 0.4) is 0 Å². The molecule has 0 saturated heterocycles. The fourth-order valence-corrected chi connectivity index (χ4v) is 1.95. The first kappa shape index (κ1) is 8.70. The molecule has 0 radical (unpaired) electrons. The van der Waals surface area contributed by atoms with Crippen molar-refractivity contribution in [3.63, 3.8) is 0 Å². The summed E-state index contributed by atoms with van der Waals surface area (Å²) in [4.78, 5) is 0. The van der Waals surface area contributed by atoms with Crippen molar-refractivity contribution in [2.24, 2.45) is 5.73 Å². The van der Waals surface area contributed by atoms with Crippen LogP contribution in [0.25, 0.3) is 0 Å². The zero-order chi connectivity index (χ0) is 9.42. The second-order valence-corrected chi connectivity index (χ2v) is 3.84. The summed E-state index contributed by atoms with van der Waals surface area (Å²) < 4.78 is 13.6. The van der Waals surface area contributed by atoms with Gasteiger partial charge < -0.3 is 5.73 Å². The zero-order valence-corrected chi connectivity index (χ0v) is 7.81. The number of hydrogen-bond acceptors (Lipinski definition) is 1. The van der Waals surface area contributed by atoms with E-state index in [1.54, 1.807) is 0 Å². The van der Waals surface area contributed by atoms with Crippen LogP contribution >= 0.6 is 0 Å². The third-order valence-electron chi connectivity index (χ3n) is 2.78. The fraction of sp³-hybridized carbons (Fsp3) is 0.455. The summed E-state index contributed by atoms with van der Waals surface area (Å²) >= 11 is 0. The number of rotatable bonds is 0. The maximum Gasteiger partial charge on any atom is 0.129 e. The summed E-state index contributed by atoms with van der Waals surface area (Å²) in [7, 11) is 0. The first-order chi connectivity index (χ1) is 6.18. The van der Waals surface area contributed by atoms with Crippen LogP contribution in [0, 0.1) is 12.7 Å². The van der Waals surface area contributed by atoms with Gasteiger partial charge in [0.2, 0.25) is 0 Å². The van der Waals surface area contributed by atoms with Gasteiger partial charge in [0.15, 0.2) is 0 Å². The predicted molar refractivity (Wildman–Crippen MR) is 51.1 cm³/mol. The summed E-state index contributed by atoms with van der Waals surface area (Å²) in [5.41, 5.74) is 8.55. The van der Waals surface area contributed by atoms with Gasteiger partial charge in [0.1, 0.15) is 5.82 Å². The standard InChI is InChI=1S/C11H14FN/c1-7-2-3-8-6-9(13)4-5-10(8)11(7)12/h2-3,9H,4-6,13H2,1H3. The molecule has 0 aromatic heterocycles. The monoisotopic (exact) mass is 179 g/mol. The Hall–Kier alpha value is -0.890. The van der Waals surface area contributed by atoms with Crippen LogP contribution in [0.1, 0.15) is 23.1 Å². The molecular weight excluding hydrogens is 165 g/mol. The van der Waals surface area contributed by atoms with E-state index in [4.69, 9.17) is 5.73 Å². The van der Waals surface area contributed by atoms with Crippen molar-refractivity contribution >= 4 is 0 Å². The summed E-state index contributed by atoms with van der Waals surface area (Å²) in [6.07, 6.45) is 2.53. The lowest BCUT2D eigenvalue weighted by molar-refractivity contribution is 0.534. The van der Waals surface area contributed by atoms with E-state index in [1.165, 1.54) is 0 Å². The average molecular weight is 179 g/mol. The Kier molecular flexibility index (Phi) is 2.08. The third-order valence-corrected chi connectivity index (χ3v) is 2.78. The van der Waals surface area contributed by atoms with Crippen molar-refractivity contribution < 1.29 is 4.39 Å². The topological polar surface area (TPSA) is 26.0 Å². The summed E-state index contributed by atoms with van der Waals surface area (Å²) in [5, 5.41) is 0. The molecule has 0 bridgehead atoms. The van der Waals surface area contributed by atoms with Crippen molar-refractivity contribution in [3.05, 3.63) is 34.6 Å². The molecule has 0 amide bonds. The molecule has 1 atom stereocenters. The van der Waals surface area contributed by atoms with E-state index in [0.29, 0.717) is 0 Å². The molecule has 1 unspecified atom stereocenters. The predicted octanol–water partition coefficient (Wildman–Crippen LogP) is 1.95. The van der Waals surface area contributed by atoms with Crippen LogP contribution in [0.2, 0.25) is 0 Å². The van der Waals surface area contributed by atoms with Gasteiger partial charge in [0.25, 0.3) is 0 Å². The van der Waals surface area contributed by atoms with E-state index < -0.39 is 0 Å². The first-order valence-electron chi connectivity index (χ1n) is 4.71. The van der Waals surface area contributed by atoms with Gasteiger partial charge in [0, 0.05) is 6.04 Å². The van der Waals surface area contributed by atoms with Crippen molar-refractivity contribution in [2.75, 3.05) is 0 Å². The van der Waals surface area contributed by atoms with Gasteiger partial charge >= 0.3 is 0 Å². The largest absolute Gasteiger partial charge is 0.327 e. The van der Waals surface area contributed by atoms with Crippen LogP contribution in [-0.4, -0.2) is 6.04 Å². The van der Waals surface area contributed by atoms with Gasteiger partial charge in [-0.2, -0.15) is 0 Å². The highest BCUT2D eigenvalue weighted by Crippen LogP contribution is 2.24. The normalized spacial score (nSPS) is 21.3. The van der Waals surface area contributed by atoms with E-state index in [9.17, 15) is 4.39 Å². The van der Waals surface area contributed by atoms with Crippen molar-refractivity contribution in [3.8, 4) is 0 Å². The van der Waals surface area contributed by atoms with Gasteiger partial charge in [0.05, 0.1) is 0 Å². The third kappa shape index (κ3) is 1.46. The smallest absolute Gasteiger partial charge is 0.129 e.